The van der Waals surface area contributed by atoms with E-state index in [2.05, 4.69) is 10.2 Å². The van der Waals surface area contributed by atoms with Crippen LogP contribution in [-0.4, -0.2) is 77.4 Å². The minimum absolute atomic E-state index is 0.0111. The summed E-state index contributed by atoms with van der Waals surface area (Å²) in [5.41, 5.74) is 0. The van der Waals surface area contributed by atoms with Gasteiger partial charge in [-0.05, 0) is 6.92 Å². The average molecular weight is 311 g/mol. The first kappa shape index (κ1) is 20.2. The Kier molecular flexibility index (Phi) is 16.6. The van der Waals surface area contributed by atoms with Gasteiger partial charge in [0.2, 0.25) is 0 Å². The van der Waals surface area contributed by atoms with Crippen molar-refractivity contribution in [1.82, 2.24) is 5.32 Å². The highest BCUT2D eigenvalue weighted by Crippen LogP contribution is 1.83. The molecule has 0 aromatic carbocycles. The van der Waals surface area contributed by atoms with Crippen molar-refractivity contribution in [2.45, 2.75) is 6.92 Å². The van der Waals surface area contributed by atoms with Crippen LogP contribution in [0, 0.1) is 0 Å². The summed E-state index contributed by atoms with van der Waals surface area (Å²) in [6.07, 6.45) is 0. The Morgan fingerprint density at radius 2 is 1.52 bits per heavy atom. The van der Waals surface area contributed by atoms with E-state index in [1.54, 1.807) is 0 Å². The number of aliphatic carboxylic acids is 1. The fraction of sp³-hybridized carbons (Fsp3) is 0.917. The molecule has 0 bridgehead atoms. The van der Waals surface area contributed by atoms with Gasteiger partial charge in [-0.1, -0.05) is 0 Å². The van der Waals surface area contributed by atoms with E-state index in [0.29, 0.717) is 39.6 Å². The fourth-order valence-electron chi connectivity index (χ4n) is 1.03. The molecular weight excluding hydrogens is 286 g/mol. The summed E-state index contributed by atoms with van der Waals surface area (Å²) in [5.74, 6) is -0.953. The van der Waals surface area contributed by atoms with Crippen LogP contribution >= 0.6 is 0 Å². The molecule has 9 nitrogen and oxygen atoms in total. The minimum atomic E-state index is -0.953. The molecule has 0 saturated carbocycles. The summed E-state index contributed by atoms with van der Waals surface area (Å²) in [7, 11) is 0. The molecule has 0 aromatic heterocycles. The van der Waals surface area contributed by atoms with Crippen LogP contribution in [0.1, 0.15) is 6.92 Å². The minimum Gasteiger partial charge on any atom is -0.480 e. The molecule has 0 spiro atoms. The fourth-order valence-corrected chi connectivity index (χ4v) is 1.03. The van der Waals surface area contributed by atoms with E-state index in [9.17, 15) is 4.79 Å². The molecule has 0 fully saturated rings. The predicted molar refractivity (Wildman–Crippen MR) is 71.6 cm³/mol. The quantitative estimate of drug-likeness (QED) is 0.161. The second-order valence-electron chi connectivity index (χ2n) is 3.65. The Morgan fingerprint density at radius 1 is 0.905 bits per heavy atom. The molecule has 0 aliphatic carbocycles. The molecule has 0 radical (unpaired) electrons. The lowest BCUT2D eigenvalue weighted by atomic mass is 10.7. The van der Waals surface area contributed by atoms with E-state index in [1.807, 2.05) is 6.92 Å². The van der Waals surface area contributed by atoms with Crippen molar-refractivity contribution in [2.24, 2.45) is 0 Å². The molecule has 126 valence electrons. The van der Waals surface area contributed by atoms with Gasteiger partial charge in [0, 0.05) is 6.61 Å². The molecule has 0 unspecified atom stereocenters. The number of nitrogens with one attached hydrogen (secondary N) is 1. The zero-order valence-electron chi connectivity index (χ0n) is 12.4. The Hall–Kier alpha value is -0.810. The monoisotopic (exact) mass is 311 g/mol. The number of carbonyl (C=O) groups is 1. The van der Waals surface area contributed by atoms with Crippen LogP contribution in [0.25, 0.3) is 0 Å². The molecule has 0 heterocycles. The van der Waals surface area contributed by atoms with Crippen molar-refractivity contribution in [1.29, 1.82) is 0 Å². The summed E-state index contributed by atoms with van der Waals surface area (Å²) < 4.78 is 20.6. The highest BCUT2D eigenvalue weighted by atomic mass is 17.2. The van der Waals surface area contributed by atoms with Crippen molar-refractivity contribution < 1.29 is 38.6 Å². The molecule has 0 amide bonds. The Morgan fingerprint density at radius 3 is 2.14 bits per heavy atom. The molecule has 0 aliphatic heterocycles. The number of ether oxygens (including phenoxy) is 4. The van der Waals surface area contributed by atoms with Gasteiger partial charge in [-0.25, -0.2) is 9.78 Å². The van der Waals surface area contributed by atoms with Crippen LogP contribution in [-0.2, 0) is 33.5 Å². The van der Waals surface area contributed by atoms with Crippen LogP contribution in [0.3, 0.4) is 0 Å². The number of carboxylic acids is 1. The summed E-state index contributed by atoms with van der Waals surface area (Å²) in [6, 6.07) is 0. The third-order valence-electron chi connectivity index (χ3n) is 1.95. The Balaban J connectivity index is 2.95. The smallest absolute Gasteiger partial charge is 0.317 e. The maximum Gasteiger partial charge on any atom is 0.317 e. The third-order valence-corrected chi connectivity index (χ3v) is 1.95. The van der Waals surface area contributed by atoms with Gasteiger partial charge < -0.3 is 24.1 Å². The molecule has 0 rings (SSSR count). The molecule has 21 heavy (non-hydrogen) atoms. The average Bonchev–Trinajstić information content (AvgIpc) is 2.46. The molecular formula is C12H25NO8. The topological polar surface area (TPSA) is 105 Å². The molecule has 0 aromatic rings. The highest BCUT2D eigenvalue weighted by molar-refractivity contribution is 5.68. The van der Waals surface area contributed by atoms with Gasteiger partial charge in [0.05, 0.1) is 39.6 Å². The standard InChI is InChI=1S/C12H25NO8/c1-2-16-11-19-6-5-17-3-4-18-7-8-20-21-10-13-9-12(14)15/h13H,2-11H2,1H3,(H,14,15). The van der Waals surface area contributed by atoms with Gasteiger partial charge in [-0.15, -0.1) is 0 Å². The summed E-state index contributed by atoms with van der Waals surface area (Å²) >= 11 is 0. The van der Waals surface area contributed by atoms with Crippen LogP contribution in [0.5, 0.6) is 0 Å². The van der Waals surface area contributed by atoms with Crippen molar-refractivity contribution in [2.75, 3.05) is 66.3 Å². The third kappa shape index (κ3) is 19.2. The zero-order valence-corrected chi connectivity index (χ0v) is 12.4. The maximum absolute atomic E-state index is 10.1. The predicted octanol–water partition coefficient (Wildman–Crippen LogP) is -0.390. The largest absolute Gasteiger partial charge is 0.480 e. The van der Waals surface area contributed by atoms with Gasteiger partial charge in [0.1, 0.15) is 20.1 Å². The van der Waals surface area contributed by atoms with Crippen molar-refractivity contribution in [3.8, 4) is 0 Å². The van der Waals surface area contributed by atoms with Crippen molar-refractivity contribution in [3.05, 3.63) is 0 Å². The lowest BCUT2D eigenvalue weighted by molar-refractivity contribution is -0.303. The second kappa shape index (κ2) is 17.2. The summed E-state index contributed by atoms with van der Waals surface area (Å²) in [5, 5.41) is 10.8. The van der Waals surface area contributed by atoms with E-state index in [-0.39, 0.29) is 26.7 Å². The van der Waals surface area contributed by atoms with Crippen LogP contribution in [0.15, 0.2) is 0 Å². The lowest BCUT2D eigenvalue weighted by Gasteiger charge is -2.07. The maximum atomic E-state index is 10.1. The molecule has 2 N–H and O–H groups in total. The normalized spacial score (nSPS) is 10.9. The number of rotatable bonds is 17. The van der Waals surface area contributed by atoms with E-state index in [1.165, 1.54) is 0 Å². The lowest BCUT2D eigenvalue weighted by Crippen LogP contribution is -2.25. The zero-order chi connectivity index (χ0) is 15.6. The summed E-state index contributed by atoms with van der Waals surface area (Å²) in [6.45, 7) is 5.18. The van der Waals surface area contributed by atoms with E-state index in [4.69, 9.17) is 28.9 Å². The van der Waals surface area contributed by atoms with Crippen molar-refractivity contribution in [3.63, 3.8) is 0 Å². The van der Waals surface area contributed by atoms with Gasteiger partial charge in [-0.2, -0.15) is 0 Å². The van der Waals surface area contributed by atoms with E-state index < -0.39 is 5.97 Å². The number of hydrogen-bond donors (Lipinski definition) is 2. The van der Waals surface area contributed by atoms with E-state index in [0.717, 1.165) is 0 Å². The van der Waals surface area contributed by atoms with Crippen LogP contribution in [0.2, 0.25) is 0 Å². The Labute approximate surface area is 124 Å². The molecule has 0 atom stereocenters. The molecule has 0 saturated heterocycles. The highest BCUT2D eigenvalue weighted by Gasteiger charge is 1.95. The van der Waals surface area contributed by atoms with E-state index >= 15 is 0 Å². The van der Waals surface area contributed by atoms with Gasteiger partial charge in [0.25, 0.3) is 0 Å². The van der Waals surface area contributed by atoms with Crippen LogP contribution < -0.4 is 5.32 Å². The van der Waals surface area contributed by atoms with Gasteiger partial charge in [-0.3, -0.25) is 10.1 Å². The Bertz CT molecular complexity index is 229. The van der Waals surface area contributed by atoms with Gasteiger partial charge in [0.15, 0.2) is 0 Å². The first-order valence-electron chi connectivity index (χ1n) is 6.75. The second-order valence-corrected chi connectivity index (χ2v) is 3.65. The number of hydrogen-bond acceptors (Lipinski definition) is 8. The van der Waals surface area contributed by atoms with Crippen LogP contribution in [0.4, 0.5) is 0 Å². The summed E-state index contributed by atoms with van der Waals surface area (Å²) in [4.78, 5) is 19.5. The first-order valence-corrected chi connectivity index (χ1v) is 6.75. The SMILES string of the molecule is CCOCOCCOCCOCCOOCNCC(=O)O. The first-order chi connectivity index (χ1) is 10.3. The molecule has 0 aliphatic rings. The van der Waals surface area contributed by atoms with Crippen molar-refractivity contribution >= 4 is 5.97 Å². The molecule has 9 heteroatoms. The number of carboxylic acid groups (broad SMARTS) is 1. The van der Waals surface area contributed by atoms with Gasteiger partial charge >= 0.3 is 5.97 Å².